The third-order valence-electron chi connectivity index (χ3n) is 2.06. The van der Waals surface area contributed by atoms with Crippen LogP contribution >= 0.6 is 0 Å². The van der Waals surface area contributed by atoms with E-state index in [1.807, 2.05) is 20.0 Å². The Morgan fingerprint density at radius 1 is 1.25 bits per heavy atom. The molecular weight excluding hydrogens is 202 g/mol. The van der Waals surface area contributed by atoms with Crippen LogP contribution in [0.5, 0.6) is 0 Å². The van der Waals surface area contributed by atoms with Crippen molar-refractivity contribution >= 4 is 0 Å². The molecule has 0 saturated heterocycles. The van der Waals surface area contributed by atoms with Gasteiger partial charge in [-0.25, -0.2) is 15.0 Å². The van der Waals surface area contributed by atoms with Crippen LogP contribution in [0.3, 0.4) is 0 Å². The Morgan fingerprint density at radius 2 is 2.12 bits per heavy atom. The lowest BCUT2D eigenvalue weighted by molar-refractivity contribution is 0.784. The molecule has 0 bridgehead atoms. The van der Waals surface area contributed by atoms with Crippen molar-refractivity contribution in [2.45, 2.75) is 13.5 Å². The molecule has 0 saturated carbocycles. The molecule has 1 N–H and O–H groups in total. The van der Waals surface area contributed by atoms with Gasteiger partial charge >= 0.3 is 0 Å². The van der Waals surface area contributed by atoms with Crippen molar-refractivity contribution < 1.29 is 0 Å². The van der Waals surface area contributed by atoms with Crippen LogP contribution in [0.25, 0.3) is 11.5 Å². The summed E-state index contributed by atoms with van der Waals surface area (Å²) in [5.41, 5.74) is 2.58. The van der Waals surface area contributed by atoms with Crippen LogP contribution in [0.4, 0.5) is 0 Å². The van der Waals surface area contributed by atoms with E-state index >= 15 is 0 Å². The summed E-state index contributed by atoms with van der Waals surface area (Å²) in [4.78, 5) is 17.0. The normalized spacial score (nSPS) is 10.4. The Labute approximate surface area is 94.0 Å². The average molecular weight is 215 g/mol. The van der Waals surface area contributed by atoms with Crippen LogP contribution < -0.4 is 5.32 Å². The van der Waals surface area contributed by atoms with E-state index in [0.29, 0.717) is 11.5 Å². The Hall–Kier alpha value is -1.88. The number of hydrogen-bond donors (Lipinski definition) is 1. The molecule has 0 aromatic carbocycles. The molecule has 0 spiro atoms. The Morgan fingerprint density at radius 3 is 2.81 bits per heavy atom. The molecule has 2 aromatic heterocycles. The molecule has 2 heterocycles. The van der Waals surface area contributed by atoms with E-state index in [0.717, 1.165) is 17.9 Å². The zero-order valence-corrected chi connectivity index (χ0v) is 9.31. The van der Waals surface area contributed by atoms with Gasteiger partial charge in [0.25, 0.3) is 0 Å². The monoisotopic (exact) mass is 215 g/mol. The van der Waals surface area contributed by atoms with Gasteiger partial charge in [0.15, 0.2) is 5.82 Å². The van der Waals surface area contributed by atoms with Crippen LogP contribution in [0.1, 0.15) is 11.4 Å². The SMILES string of the molecule is CNCc1cc(C)nc(-c2cnccn2)n1. The van der Waals surface area contributed by atoms with Gasteiger partial charge in [-0.3, -0.25) is 4.98 Å². The molecule has 0 aliphatic heterocycles. The van der Waals surface area contributed by atoms with Gasteiger partial charge in [0.05, 0.1) is 11.9 Å². The fourth-order valence-corrected chi connectivity index (χ4v) is 1.43. The van der Waals surface area contributed by atoms with Crippen molar-refractivity contribution in [3.63, 3.8) is 0 Å². The van der Waals surface area contributed by atoms with E-state index < -0.39 is 0 Å². The van der Waals surface area contributed by atoms with Crippen molar-refractivity contribution in [1.29, 1.82) is 0 Å². The predicted molar refractivity (Wildman–Crippen MR) is 60.6 cm³/mol. The second kappa shape index (κ2) is 4.76. The minimum atomic E-state index is 0.623. The van der Waals surface area contributed by atoms with Crippen LogP contribution in [0, 0.1) is 6.92 Å². The lowest BCUT2D eigenvalue weighted by atomic mass is 10.3. The van der Waals surface area contributed by atoms with Crippen molar-refractivity contribution in [2.24, 2.45) is 0 Å². The summed E-state index contributed by atoms with van der Waals surface area (Å²) in [7, 11) is 1.89. The maximum atomic E-state index is 4.42. The molecule has 0 aliphatic rings. The van der Waals surface area contributed by atoms with E-state index in [4.69, 9.17) is 0 Å². The summed E-state index contributed by atoms with van der Waals surface area (Å²) < 4.78 is 0. The highest BCUT2D eigenvalue weighted by Crippen LogP contribution is 2.11. The van der Waals surface area contributed by atoms with Crippen LogP contribution in [0.15, 0.2) is 24.7 Å². The van der Waals surface area contributed by atoms with Crippen molar-refractivity contribution in [3.8, 4) is 11.5 Å². The summed E-state index contributed by atoms with van der Waals surface area (Å²) >= 11 is 0. The third kappa shape index (κ3) is 2.38. The van der Waals surface area contributed by atoms with E-state index in [9.17, 15) is 0 Å². The molecule has 5 nitrogen and oxygen atoms in total. The van der Waals surface area contributed by atoms with Gasteiger partial charge < -0.3 is 5.32 Å². The molecule has 0 fully saturated rings. The first-order valence-corrected chi connectivity index (χ1v) is 5.05. The van der Waals surface area contributed by atoms with E-state index in [1.165, 1.54) is 0 Å². The lowest BCUT2D eigenvalue weighted by Crippen LogP contribution is -2.09. The van der Waals surface area contributed by atoms with Crippen LogP contribution in [-0.4, -0.2) is 27.0 Å². The minimum absolute atomic E-state index is 0.623. The second-order valence-corrected chi connectivity index (χ2v) is 3.45. The quantitative estimate of drug-likeness (QED) is 0.826. The summed E-state index contributed by atoms with van der Waals surface area (Å²) in [5, 5.41) is 3.06. The molecule has 2 rings (SSSR count). The van der Waals surface area contributed by atoms with Gasteiger partial charge in [-0.05, 0) is 20.0 Å². The van der Waals surface area contributed by atoms with Gasteiger partial charge in [-0.15, -0.1) is 0 Å². The topological polar surface area (TPSA) is 63.6 Å². The standard InChI is InChI=1S/C11H13N5/c1-8-5-9(6-12-2)16-11(15-8)10-7-13-3-4-14-10/h3-5,7,12H,6H2,1-2H3. The summed E-state index contributed by atoms with van der Waals surface area (Å²) in [6, 6.07) is 1.95. The Balaban J connectivity index is 2.41. The molecule has 0 unspecified atom stereocenters. The smallest absolute Gasteiger partial charge is 0.180 e. The molecule has 2 aromatic rings. The first kappa shape index (κ1) is 10.6. The minimum Gasteiger partial charge on any atom is -0.314 e. The molecule has 82 valence electrons. The highest BCUT2D eigenvalue weighted by atomic mass is 15.0. The molecule has 0 atom stereocenters. The van der Waals surface area contributed by atoms with Gasteiger partial charge in [-0.2, -0.15) is 0 Å². The van der Waals surface area contributed by atoms with Gasteiger partial charge in [0.2, 0.25) is 0 Å². The molecule has 16 heavy (non-hydrogen) atoms. The molecule has 0 aliphatic carbocycles. The fraction of sp³-hybridized carbons (Fsp3) is 0.273. The van der Waals surface area contributed by atoms with Gasteiger partial charge in [0, 0.05) is 24.6 Å². The summed E-state index contributed by atoms with van der Waals surface area (Å²) in [5.74, 6) is 0.623. The number of aryl methyl sites for hydroxylation is 1. The third-order valence-corrected chi connectivity index (χ3v) is 2.06. The van der Waals surface area contributed by atoms with Crippen LogP contribution in [-0.2, 0) is 6.54 Å². The molecular formula is C11H13N5. The molecule has 0 radical (unpaired) electrons. The summed E-state index contributed by atoms with van der Waals surface area (Å²) in [6.45, 7) is 2.66. The highest BCUT2D eigenvalue weighted by Gasteiger charge is 2.05. The first-order chi connectivity index (χ1) is 7.79. The van der Waals surface area contributed by atoms with E-state index in [1.54, 1.807) is 18.6 Å². The fourth-order valence-electron chi connectivity index (χ4n) is 1.43. The molecule has 5 heteroatoms. The molecule has 0 amide bonds. The zero-order chi connectivity index (χ0) is 11.4. The summed E-state index contributed by atoms with van der Waals surface area (Å²) in [6.07, 6.45) is 4.94. The van der Waals surface area contributed by atoms with Crippen molar-refractivity contribution in [3.05, 3.63) is 36.0 Å². The van der Waals surface area contributed by atoms with Gasteiger partial charge in [-0.1, -0.05) is 0 Å². The van der Waals surface area contributed by atoms with Crippen molar-refractivity contribution in [2.75, 3.05) is 7.05 Å². The van der Waals surface area contributed by atoms with Gasteiger partial charge in [0.1, 0.15) is 5.69 Å². The van der Waals surface area contributed by atoms with Crippen molar-refractivity contribution in [1.82, 2.24) is 25.3 Å². The number of nitrogens with zero attached hydrogens (tertiary/aromatic N) is 4. The maximum Gasteiger partial charge on any atom is 0.180 e. The number of hydrogen-bond acceptors (Lipinski definition) is 5. The number of aromatic nitrogens is 4. The first-order valence-electron chi connectivity index (χ1n) is 5.05. The zero-order valence-electron chi connectivity index (χ0n) is 9.31. The lowest BCUT2D eigenvalue weighted by Gasteiger charge is -2.04. The predicted octanol–water partition coefficient (Wildman–Crippen LogP) is 0.961. The Kier molecular flexibility index (Phi) is 3.16. The second-order valence-electron chi connectivity index (χ2n) is 3.45. The van der Waals surface area contributed by atoms with E-state index in [-0.39, 0.29) is 0 Å². The average Bonchev–Trinajstić information content (AvgIpc) is 2.30. The largest absolute Gasteiger partial charge is 0.314 e. The van der Waals surface area contributed by atoms with E-state index in [2.05, 4.69) is 25.3 Å². The number of nitrogens with one attached hydrogen (secondary N) is 1. The Bertz CT molecular complexity index is 469. The van der Waals surface area contributed by atoms with Crippen LogP contribution in [0.2, 0.25) is 0 Å². The highest BCUT2D eigenvalue weighted by molar-refractivity contribution is 5.47. The number of rotatable bonds is 3. The maximum absolute atomic E-state index is 4.42.